The van der Waals surface area contributed by atoms with Gasteiger partial charge in [0.15, 0.2) is 0 Å². The smallest absolute Gasteiger partial charge is 0.114 e. The standard InChI is InChI=1S/C14H18N4/c1-2-18-13-5-6-15-8-12(13)17-14(18)10-7-9-3-4-11(10)16-9/h5-6,8-11,16H,2-4,7H2,1H3. The molecule has 2 aliphatic rings. The number of aryl methyl sites for hydroxylation is 1. The van der Waals surface area contributed by atoms with Crippen molar-refractivity contribution >= 4 is 11.0 Å². The summed E-state index contributed by atoms with van der Waals surface area (Å²) in [7, 11) is 0. The molecule has 0 spiro atoms. The Bertz CT molecular complexity index is 588. The summed E-state index contributed by atoms with van der Waals surface area (Å²) in [5, 5.41) is 3.70. The zero-order chi connectivity index (χ0) is 12.1. The van der Waals surface area contributed by atoms with Crippen LogP contribution in [0.25, 0.3) is 11.0 Å². The lowest BCUT2D eigenvalue weighted by Crippen LogP contribution is -2.23. The first kappa shape index (κ1) is 10.5. The summed E-state index contributed by atoms with van der Waals surface area (Å²) >= 11 is 0. The van der Waals surface area contributed by atoms with Gasteiger partial charge in [0, 0.05) is 30.7 Å². The Morgan fingerprint density at radius 1 is 1.44 bits per heavy atom. The van der Waals surface area contributed by atoms with Crippen molar-refractivity contribution in [1.82, 2.24) is 19.9 Å². The Morgan fingerprint density at radius 3 is 3.11 bits per heavy atom. The summed E-state index contributed by atoms with van der Waals surface area (Å²) in [4.78, 5) is 9.03. The van der Waals surface area contributed by atoms with Crippen LogP contribution < -0.4 is 5.32 Å². The minimum absolute atomic E-state index is 0.594. The number of aromatic nitrogens is 3. The zero-order valence-electron chi connectivity index (χ0n) is 10.6. The highest BCUT2D eigenvalue weighted by atomic mass is 15.1. The van der Waals surface area contributed by atoms with Crippen molar-refractivity contribution in [1.29, 1.82) is 0 Å². The third kappa shape index (κ3) is 1.35. The van der Waals surface area contributed by atoms with E-state index in [1.807, 2.05) is 12.4 Å². The number of fused-ring (bicyclic) bond motifs is 3. The maximum Gasteiger partial charge on any atom is 0.114 e. The molecule has 0 aromatic carbocycles. The van der Waals surface area contributed by atoms with E-state index in [4.69, 9.17) is 4.98 Å². The summed E-state index contributed by atoms with van der Waals surface area (Å²) in [5.74, 6) is 1.86. The van der Waals surface area contributed by atoms with Crippen LogP contribution in [0.15, 0.2) is 18.5 Å². The average molecular weight is 242 g/mol. The molecule has 2 fully saturated rings. The number of hydrogen-bond acceptors (Lipinski definition) is 3. The van der Waals surface area contributed by atoms with Gasteiger partial charge in [-0.2, -0.15) is 0 Å². The summed E-state index contributed by atoms with van der Waals surface area (Å²) in [6.45, 7) is 3.19. The normalized spacial score (nSPS) is 30.4. The van der Waals surface area contributed by atoms with Gasteiger partial charge in [0.1, 0.15) is 11.3 Å². The molecule has 2 aliphatic heterocycles. The monoisotopic (exact) mass is 242 g/mol. The van der Waals surface area contributed by atoms with Crippen LogP contribution in [0.1, 0.15) is 37.9 Å². The van der Waals surface area contributed by atoms with Crippen molar-refractivity contribution in [3.05, 3.63) is 24.3 Å². The van der Waals surface area contributed by atoms with Gasteiger partial charge in [0.05, 0.1) is 11.7 Å². The van der Waals surface area contributed by atoms with Crippen molar-refractivity contribution in [2.45, 2.75) is 50.7 Å². The van der Waals surface area contributed by atoms with Crippen molar-refractivity contribution in [3.63, 3.8) is 0 Å². The quantitative estimate of drug-likeness (QED) is 0.876. The minimum atomic E-state index is 0.594. The summed E-state index contributed by atoms with van der Waals surface area (Å²) in [6, 6.07) is 3.45. The molecule has 4 heteroatoms. The number of hydrogen-bond donors (Lipinski definition) is 1. The zero-order valence-corrected chi connectivity index (χ0v) is 10.6. The molecule has 0 amide bonds. The fraction of sp³-hybridized carbons (Fsp3) is 0.571. The van der Waals surface area contributed by atoms with Crippen LogP contribution in [-0.4, -0.2) is 26.6 Å². The van der Waals surface area contributed by atoms with Gasteiger partial charge < -0.3 is 9.88 Å². The number of nitrogens with zero attached hydrogens (tertiary/aromatic N) is 3. The molecule has 2 aromatic heterocycles. The lowest BCUT2D eigenvalue weighted by molar-refractivity contribution is 0.471. The molecule has 2 saturated heterocycles. The molecule has 2 aromatic rings. The highest BCUT2D eigenvalue weighted by Crippen LogP contribution is 2.40. The second-order valence-corrected chi connectivity index (χ2v) is 5.47. The number of pyridine rings is 1. The molecule has 0 aliphatic carbocycles. The van der Waals surface area contributed by atoms with Gasteiger partial charge in [-0.25, -0.2) is 4.98 Å². The van der Waals surface area contributed by atoms with E-state index < -0.39 is 0 Å². The fourth-order valence-corrected chi connectivity index (χ4v) is 3.73. The Kier molecular flexibility index (Phi) is 2.21. The molecule has 3 atom stereocenters. The van der Waals surface area contributed by atoms with Gasteiger partial charge in [-0.1, -0.05) is 0 Å². The molecule has 3 unspecified atom stereocenters. The van der Waals surface area contributed by atoms with Crippen LogP contribution in [0.4, 0.5) is 0 Å². The van der Waals surface area contributed by atoms with Crippen LogP contribution in [0, 0.1) is 0 Å². The predicted octanol–water partition coefficient (Wildman–Crippen LogP) is 2.06. The van der Waals surface area contributed by atoms with E-state index in [9.17, 15) is 0 Å². The third-order valence-electron chi connectivity index (χ3n) is 4.53. The Morgan fingerprint density at radius 2 is 2.39 bits per heavy atom. The molecular weight excluding hydrogens is 224 g/mol. The predicted molar refractivity (Wildman–Crippen MR) is 70.5 cm³/mol. The van der Waals surface area contributed by atoms with E-state index >= 15 is 0 Å². The molecule has 4 rings (SSSR count). The summed E-state index contributed by atoms with van der Waals surface area (Å²) < 4.78 is 2.37. The van der Waals surface area contributed by atoms with Gasteiger partial charge in [-0.15, -0.1) is 0 Å². The Hall–Kier alpha value is -1.42. The van der Waals surface area contributed by atoms with E-state index in [1.165, 1.54) is 30.6 Å². The number of rotatable bonds is 2. The number of imidazole rings is 1. The maximum atomic E-state index is 4.84. The van der Waals surface area contributed by atoms with Crippen LogP contribution >= 0.6 is 0 Å². The van der Waals surface area contributed by atoms with Crippen molar-refractivity contribution in [3.8, 4) is 0 Å². The van der Waals surface area contributed by atoms with Gasteiger partial charge in [-0.3, -0.25) is 4.98 Å². The van der Waals surface area contributed by atoms with E-state index in [1.54, 1.807) is 0 Å². The van der Waals surface area contributed by atoms with Crippen LogP contribution in [0.3, 0.4) is 0 Å². The largest absolute Gasteiger partial charge is 0.328 e. The molecule has 94 valence electrons. The Balaban J connectivity index is 1.84. The first-order valence-electron chi connectivity index (χ1n) is 6.93. The molecule has 0 radical (unpaired) electrons. The van der Waals surface area contributed by atoms with Crippen molar-refractivity contribution in [2.75, 3.05) is 0 Å². The van der Waals surface area contributed by atoms with Gasteiger partial charge in [-0.05, 0) is 32.3 Å². The van der Waals surface area contributed by atoms with Crippen molar-refractivity contribution in [2.24, 2.45) is 0 Å². The fourth-order valence-electron chi connectivity index (χ4n) is 3.73. The van der Waals surface area contributed by atoms with E-state index in [2.05, 4.69) is 27.9 Å². The first-order valence-corrected chi connectivity index (χ1v) is 6.93. The summed E-state index contributed by atoms with van der Waals surface area (Å²) in [5.41, 5.74) is 2.27. The van der Waals surface area contributed by atoms with Crippen LogP contribution in [-0.2, 0) is 6.54 Å². The van der Waals surface area contributed by atoms with Crippen molar-refractivity contribution < 1.29 is 0 Å². The molecule has 2 bridgehead atoms. The molecular formula is C14H18N4. The second kappa shape index (κ2) is 3.79. The van der Waals surface area contributed by atoms with E-state index in [-0.39, 0.29) is 0 Å². The lowest BCUT2D eigenvalue weighted by Gasteiger charge is -2.20. The highest BCUT2D eigenvalue weighted by Gasteiger charge is 2.41. The van der Waals surface area contributed by atoms with Gasteiger partial charge in [0.2, 0.25) is 0 Å². The molecule has 1 N–H and O–H groups in total. The second-order valence-electron chi connectivity index (χ2n) is 5.47. The maximum absolute atomic E-state index is 4.84. The first-order chi connectivity index (χ1) is 8.86. The Labute approximate surface area is 106 Å². The minimum Gasteiger partial charge on any atom is -0.328 e. The van der Waals surface area contributed by atoms with Crippen LogP contribution in [0.2, 0.25) is 0 Å². The molecule has 4 heterocycles. The molecule has 4 nitrogen and oxygen atoms in total. The average Bonchev–Trinajstić information content (AvgIpc) is 3.10. The molecule has 18 heavy (non-hydrogen) atoms. The topological polar surface area (TPSA) is 42.7 Å². The summed E-state index contributed by atoms with van der Waals surface area (Å²) in [6.07, 6.45) is 7.64. The van der Waals surface area contributed by atoms with Gasteiger partial charge in [0.25, 0.3) is 0 Å². The number of nitrogens with one attached hydrogen (secondary N) is 1. The van der Waals surface area contributed by atoms with Gasteiger partial charge >= 0.3 is 0 Å². The van der Waals surface area contributed by atoms with E-state index in [0.717, 1.165) is 18.1 Å². The lowest BCUT2D eigenvalue weighted by atomic mass is 9.88. The highest BCUT2D eigenvalue weighted by molar-refractivity contribution is 5.74. The van der Waals surface area contributed by atoms with E-state index in [0.29, 0.717) is 12.0 Å². The molecule has 0 saturated carbocycles. The third-order valence-corrected chi connectivity index (χ3v) is 4.53. The SMILES string of the molecule is CCn1c(C2CC3CCC2N3)nc2cnccc21. The van der Waals surface area contributed by atoms with Crippen LogP contribution in [0.5, 0.6) is 0 Å².